The van der Waals surface area contributed by atoms with Crippen LogP contribution in [-0.2, 0) is 4.74 Å². The van der Waals surface area contributed by atoms with E-state index >= 15 is 0 Å². The molecule has 0 heterocycles. The van der Waals surface area contributed by atoms with E-state index in [-0.39, 0.29) is 0 Å². The monoisotopic (exact) mass is 245 g/mol. The predicted octanol–water partition coefficient (Wildman–Crippen LogP) is 0.976. The van der Waals surface area contributed by atoms with Gasteiger partial charge in [0.1, 0.15) is 0 Å². The zero-order chi connectivity index (χ0) is 13.3. The van der Waals surface area contributed by atoms with Crippen LogP contribution in [0.3, 0.4) is 0 Å². The van der Waals surface area contributed by atoms with E-state index in [0.717, 1.165) is 19.4 Å². The lowest BCUT2D eigenvalue weighted by Gasteiger charge is -2.29. The quantitative estimate of drug-likeness (QED) is 0.537. The number of hydrogen-bond acceptors (Lipinski definition) is 4. The average molecular weight is 245 g/mol. The van der Waals surface area contributed by atoms with Crippen molar-refractivity contribution in [2.75, 3.05) is 27.8 Å². The van der Waals surface area contributed by atoms with E-state index in [1.165, 1.54) is 0 Å². The van der Waals surface area contributed by atoms with Gasteiger partial charge in [-0.05, 0) is 40.8 Å². The van der Waals surface area contributed by atoms with Crippen molar-refractivity contribution in [3.8, 4) is 0 Å². The van der Waals surface area contributed by atoms with Crippen LogP contribution in [0.5, 0.6) is 0 Å². The maximum absolute atomic E-state index is 5.21. The van der Waals surface area contributed by atoms with Crippen LogP contribution < -0.4 is 16.0 Å². The third-order valence-electron chi connectivity index (χ3n) is 3.54. The first-order valence-corrected chi connectivity index (χ1v) is 6.68. The topological polar surface area (TPSA) is 45.3 Å². The van der Waals surface area contributed by atoms with Crippen molar-refractivity contribution in [1.82, 2.24) is 16.0 Å². The number of ether oxygens (including phenoxy) is 1. The minimum absolute atomic E-state index is 0.426. The lowest BCUT2D eigenvalue weighted by atomic mass is 10.0. The highest BCUT2D eigenvalue weighted by atomic mass is 16.5. The second-order valence-corrected chi connectivity index (χ2v) is 4.81. The molecule has 0 fully saturated rings. The zero-order valence-electron chi connectivity index (χ0n) is 12.3. The third kappa shape index (κ3) is 6.99. The molecule has 4 nitrogen and oxygen atoms in total. The lowest BCUT2D eigenvalue weighted by molar-refractivity contribution is 0.158. The summed E-state index contributed by atoms with van der Waals surface area (Å²) in [7, 11) is 5.76. The van der Waals surface area contributed by atoms with Gasteiger partial charge in [-0.1, -0.05) is 6.92 Å². The summed E-state index contributed by atoms with van der Waals surface area (Å²) in [6, 6.07) is 1.92. The smallest absolute Gasteiger partial charge is 0.0616 e. The Morgan fingerprint density at radius 2 is 1.65 bits per heavy atom. The van der Waals surface area contributed by atoms with E-state index < -0.39 is 0 Å². The third-order valence-corrected chi connectivity index (χ3v) is 3.54. The minimum Gasteiger partial charge on any atom is -0.383 e. The number of methoxy groups -OCH3 is 1. The second kappa shape index (κ2) is 9.83. The summed E-state index contributed by atoms with van der Waals surface area (Å²) < 4.78 is 5.21. The molecule has 0 rings (SSSR count). The van der Waals surface area contributed by atoms with Gasteiger partial charge in [-0.2, -0.15) is 0 Å². The molecular formula is C13H31N3O. The zero-order valence-corrected chi connectivity index (χ0v) is 12.3. The predicted molar refractivity (Wildman–Crippen MR) is 74.5 cm³/mol. The molecule has 0 amide bonds. The van der Waals surface area contributed by atoms with Crippen LogP contribution >= 0.6 is 0 Å². The van der Waals surface area contributed by atoms with Crippen molar-refractivity contribution in [2.24, 2.45) is 0 Å². The van der Waals surface area contributed by atoms with Crippen LogP contribution in [0.15, 0.2) is 0 Å². The molecule has 0 aromatic carbocycles. The van der Waals surface area contributed by atoms with Crippen molar-refractivity contribution in [3.63, 3.8) is 0 Å². The molecule has 0 spiro atoms. The Morgan fingerprint density at radius 3 is 2.06 bits per heavy atom. The van der Waals surface area contributed by atoms with E-state index in [4.69, 9.17) is 4.74 Å². The Bertz CT molecular complexity index is 174. The van der Waals surface area contributed by atoms with Gasteiger partial charge in [0.25, 0.3) is 0 Å². The van der Waals surface area contributed by atoms with Crippen LogP contribution in [-0.4, -0.2) is 52.0 Å². The molecule has 0 aliphatic rings. The second-order valence-electron chi connectivity index (χ2n) is 4.81. The Kier molecular flexibility index (Phi) is 9.74. The first-order valence-electron chi connectivity index (χ1n) is 6.68. The van der Waals surface area contributed by atoms with E-state index in [1.807, 2.05) is 14.1 Å². The van der Waals surface area contributed by atoms with Gasteiger partial charge in [0.2, 0.25) is 0 Å². The molecule has 0 aliphatic carbocycles. The highest BCUT2D eigenvalue weighted by Crippen LogP contribution is 2.05. The molecule has 0 saturated heterocycles. The van der Waals surface area contributed by atoms with E-state index in [2.05, 4.69) is 36.7 Å². The van der Waals surface area contributed by atoms with Gasteiger partial charge in [-0.25, -0.2) is 0 Å². The Balaban J connectivity index is 4.13. The molecule has 4 atom stereocenters. The summed E-state index contributed by atoms with van der Waals surface area (Å²) in [5.74, 6) is 0. The number of nitrogens with one attached hydrogen (secondary N) is 3. The van der Waals surface area contributed by atoms with Crippen molar-refractivity contribution in [1.29, 1.82) is 0 Å². The molecule has 0 aromatic heterocycles. The van der Waals surface area contributed by atoms with Gasteiger partial charge in [-0.15, -0.1) is 0 Å². The first-order chi connectivity index (χ1) is 8.08. The summed E-state index contributed by atoms with van der Waals surface area (Å²) in [6.45, 7) is 7.43. The van der Waals surface area contributed by atoms with E-state index in [1.54, 1.807) is 7.11 Å². The molecule has 104 valence electrons. The molecule has 0 bridgehead atoms. The van der Waals surface area contributed by atoms with Gasteiger partial charge in [-0.3, -0.25) is 0 Å². The van der Waals surface area contributed by atoms with Crippen LogP contribution in [0, 0.1) is 0 Å². The number of hydrogen-bond donors (Lipinski definition) is 3. The lowest BCUT2D eigenvalue weighted by Crippen LogP contribution is -2.49. The average Bonchev–Trinajstić information content (AvgIpc) is 2.35. The largest absolute Gasteiger partial charge is 0.383 e. The summed E-state index contributed by atoms with van der Waals surface area (Å²) in [4.78, 5) is 0. The molecule has 17 heavy (non-hydrogen) atoms. The molecule has 0 radical (unpaired) electrons. The standard InChI is InChI=1S/C13H31N3O/c1-7-12(8-13(15-5)9-17-6)16-11(3)10(2)14-4/h10-16H,7-9H2,1-6H3. The summed E-state index contributed by atoms with van der Waals surface area (Å²) in [6.07, 6.45) is 2.24. The van der Waals surface area contributed by atoms with Gasteiger partial charge >= 0.3 is 0 Å². The number of rotatable bonds is 10. The van der Waals surface area contributed by atoms with Crippen LogP contribution in [0.4, 0.5) is 0 Å². The Hall–Kier alpha value is -0.160. The van der Waals surface area contributed by atoms with Gasteiger partial charge in [0, 0.05) is 31.3 Å². The van der Waals surface area contributed by atoms with Crippen molar-refractivity contribution in [2.45, 2.75) is 57.8 Å². The molecule has 0 aromatic rings. The van der Waals surface area contributed by atoms with Gasteiger partial charge < -0.3 is 20.7 Å². The van der Waals surface area contributed by atoms with E-state index in [9.17, 15) is 0 Å². The van der Waals surface area contributed by atoms with Crippen molar-refractivity contribution < 1.29 is 4.74 Å². The summed E-state index contributed by atoms with van der Waals surface area (Å²) in [5, 5.41) is 10.3. The fraction of sp³-hybridized carbons (Fsp3) is 1.00. The SMILES string of the molecule is CCC(CC(COC)NC)NC(C)C(C)NC. The number of likely N-dealkylation sites (N-methyl/N-ethyl adjacent to an activating group) is 2. The molecular weight excluding hydrogens is 214 g/mol. The van der Waals surface area contributed by atoms with Crippen molar-refractivity contribution in [3.05, 3.63) is 0 Å². The van der Waals surface area contributed by atoms with E-state index in [0.29, 0.717) is 24.2 Å². The Morgan fingerprint density at radius 1 is 1.00 bits per heavy atom. The highest BCUT2D eigenvalue weighted by Gasteiger charge is 2.18. The van der Waals surface area contributed by atoms with Crippen LogP contribution in [0.1, 0.15) is 33.6 Å². The maximum atomic E-state index is 5.21. The molecule has 4 unspecified atom stereocenters. The summed E-state index contributed by atoms with van der Waals surface area (Å²) >= 11 is 0. The minimum atomic E-state index is 0.426. The fourth-order valence-corrected chi connectivity index (χ4v) is 1.93. The maximum Gasteiger partial charge on any atom is 0.0616 e. The fourth-order valence-electron chi connectivity index (χ4n) is 1.93. The van der Waals surface area contributed by atoms with Crippen LogP contribution in [0.25, 0.3) is 0 Å². The highest BCUT2D eigenvalue weighted by molar-refractivity contribution is 4.80. The van der Waals surface area contributed by atoms with Crippen molar-refractivity contribution >= 4 is 0 Å². The molecule has 3 N–H and O–H groups in total. The first kappa shape index (κ1) is 16.8. The molecule has 0 aliphatic heterocycles. The van der Waals surface area contributed by atoms with Gasteiger partial charge in [0.05, 0.1) is 6.61 Å². The van der Waals surface area contributed by atoms with Crippen LogP contribution in [0.2, 0.25) is 0 Å². The molecule has 0 saturated carbocycles. The Labute approximate surface area is 107 Å². The molecule has 4 heteroatoms. The summed E-state index contributed by atoms with van der Waals surface area (Å²) in [5.41, 5.74) is 0. The van der Waals surface area contributed by atoms with Gasteiger partial charge in [0.15, 0.2) is 0 Å². The normalized spacial score (nSPS) is 18.7.